The topological polar surface area (TPSA) is 67.1 Å². The monoisotopic (exact) mass is 360 g/mol. The van der Waals surface area contributed by atoms with Crippen molar-refractivity contribution >= 4 is 17.3 Å². The van der Waals surface area contributed by atoms with Crippen LogP contribution in [0.4, 0.5) is 0 Å². The molecule has 0 amide bonds. The Morgan fingerprint density at radius 3 is 3.08 bits per heavy atom. The highest BCUT2D eigenvalue weighted by atomic mass is 32.1. The third-order valence-electron chi connectivity index (χ3n) is 4.54. The minimum atomic E-state index is 0.341. The lowest BCUT2D eigenvalue weighted by atomic mass is 10.1. The number of aromatic nitrogens is 3. The molecule has 0 saturated carbocycles. The smallest absolute Gasteiger partial charge is 0.191 e. The van der Waals surface area contributed by atoms with Crippen LogP contribution in [-0.2, 0) is 19.4 Å². The molecule has 2 aromatic rings. The van der Waals surface area contributed by atoms with Crippen molar-refractivity contribution in [2.45, 2.75) is 58.5 Å². The number of thiophene rings is 1. The van der Waals surface area contributed by atoms with Crippen molar-refractivity contribution in [2.24, 2.45) is 4.99 Å². The number of aryl methyl sites for hydroxylation is 2. The zero-order valence-electron chi connectivity index (χ0n) is 15.3. The lowest BCUT2D eigenvalue weighted by Crippen LogP contribution is -2.47. The second-order valence-electron chi connectivity index (χ2n) is 6.54. The largest absolute Gasteiger partial charge is 0.357 e. The number of rotatable bonds is 6. The highest BCUT2D eigenvalue weighted by molar-refractivity contribution is 7.07. The Morgan fingerprint density at radius 1 is 1.48 bits per heavy atom. The van der Waals surface area contributed by atoms with Crippen LogP contribution in [0, 0.1) is 0 Å². The van der Waals surface area contributed by atoms with Gasteiger partial charge in [0.25, 0.3) is 0 Å². The third-order valence-corrected chi connectivity index (χ3v) is 5.24. The van der Waals surface area contributed by atoms with Gasteiger partial charge in [-0.3, -0.25) is 4.99 Å². The van der Waals surface area contributed by atoms with E-state index in [0.29, 0.717) is 12.0 Å². The molecular formula is C18H28N6S. The minimum absolute atomic E-state index is 0.341. The maximum atomic E-state index is 4.79. The Labute approximate surface area is 153 Å². The molecule has 0 radical (unpaired) electrons. The molecule has 0 aromatic carbocycles. The van der Waals surface area contributed by atoms with Crippen LogP contribution >= 0.6 is 11.3 Å². The molecule has 7 heteroatoms. The first-order valence-corrected chi connectivity index (χ1v) is 10.1. The molecule has 2 N–H and O–H groups in total. The summed E-state index contributed by atoms with van der Waals surface area (Å²) in [5.74, 6) is 3.39. The number of hydrogen-bond donors (Lipinski definition) is 2. The van der Waals surface area contributed by atoms with Crippen LogP contribution in [-0.4, -0.2) is 39.9 Å². The van der Waals surface area contributed by atoms with Crippen LogP contribution in [0.2, 0.25) is 0 Å². The fraction of sp³-hybridized carbons (Fsp3) is 0.611. The van der Waals surface area contributed by atoms with E-state index in [-0.39, 0.29) is 0 Å². The average molecular weight is 361 g/mol. The quantitative estimate of drug-likeness (QED) is 0.614. The van der Waals surface area contributed by atoms with Crippen molar-refractivity contribution < 1.29 is 0 Å². The van der Waals surface area contributed by atoms with Gasteiger partial charge in [-0.25, -0.2) is 9.67 Å². The van der Waals surface area contributed by atoms with E-state index in [1.165, 1.54) is 5.56 Å². The Kier molecular flexibility index (Phi) is 6.07. The molecule has 0 saturated heterocycles. The van der Waals surface area contributed by atoms with Crippen LogP contribution in [0.3, 0.4) is 0 Å². The summed E-state index contributed by atoms with van der Waals surface area (Å²) in [5, 5.41) is 15.9. The molecule has 0 bridgehead atoms. The maximum absolute atomic E-state index is 4.79. The van der Waals surface area contributed by atoms with Gasteiger partial charge < -0.3 is 10.6 Å². The summed E-state index contributed by atoms with van der Waals surface area (Å²) in [6, 6.07) is 2.53. The third kappa shape index (κ3) is 4.60. The summed E-state index contributed by atoms with van der Waals surface area (Å²) in [7, 11) is 0. The molecule has 2 unspecified atom stereocenters. The molecule has 6 nitrogen and oxygen atoms in total. The normalized spacial score (nSPS) is 18.7. The molecule has 3 heterocycles. The van der Waals surface area contributed by atoms with Gasteiger partial charge in [-0.1, -0.05) is 13.8 Å². The fourth-order valence-corrected chi connectivity index (χ4v) is 3.81. The summed E-state index contributed by atoms with van der Waals surface area (Å²) >= 11 is 1.74. The van der Waals surface area contributed by atoms with E-state index in [1.807, 2.05) is 0 Å². The Hall–Kier alpha value is -1.89. The lowest BCUT2D eigenvalue weighted by Gasteiger charge is -2.25. The first kappa shape index (κ1) is 17.9. The number of nitrogens with one attached hydrogen (secondary N) is 2. The minimum Gasteiger partial charge on any atom is -0.357 e. The molecule has 3 rings (SSSR count). The van der Waals surface area contributed by atoms with Crippen LogP contribution in [0.15, 0.2) is 21.8 Å². The zero-order valence-corrected chi connectivity index (χ0v) is 16.1. The van der Waals surface area contributed by atoms with Gasteiger partial charge in [0.15, 0.2) is 11.8 Å². The summed E-state index contributed by atoms with van der Waals surface area (Å²) in [5.41, 5.74) is 1.36. The molecular weight excluding hydrogens is 332 g/mol. The first-order chi connectivity index (χ1) is 12.2. The molecule has 2 atom stereocenters. The van der Waals surface area contributed by atoms with Gasteiger partial charge in [0.1, 0.15) is 5.82 Å². The molecule has 25 heavy (non-hydrogen) atoms. The van der Waals surface area contributed by atoms with Crippen molar-refractivity contribution in [1.29, 1.82) is 0 Å². The highest BCUT2D eigenvalue weighted by Gasteiger charge is 2.22. The molecule has 1 aliphatic rings. The van der Waals surface area contributed by atoms with Crippen molar-refractivity contribution in [3.63, 3.8) is 0 Å². The van der Waals surface area contributed by atoms with Crippen LogP contribution in [0.1, 0.15) is 50.3 Å². The number of hydrogen-bond acceptors (Lipinski definition) is 4. The maximum Gasteiger partial charge on any atom is 0.191 e. The van der Waals surface area contributed by atoms with Crippen molar-refractivity contribution in [2.75, 3.05) is 13.1 Å². The molecule has 0 spiro atoms. The van der Waals surface area contributed by atoms with Crippen molar-refractivity contribution in [1.82, 2.24) is 25.4 Å². The number of nitrogens with zero attached hydrogens (tertiary/aromatic N) is 4. The van der Waals surface area contributed by atoms with Gasteiger partial charge in [-0.2, -0.15) is 16.4 Å². The van der Waals surface area contributed by atoms with Crippen LogP contribution < -0.4 is 10.6 Å². The van der Waals surface area contributed by atoms with E-state index in [0.717, 1.165) is 56.5 Å². The van der Waals surface area contributed by atoms with Gasteiger partial charge in [0.05, 0.1) is 6.54 Å². The summed E-state index contributed by atoms with van der Waals surface area (Å²) in [6.45, 7) is 8.93. The Bertz CT molecular complexity index is 690. The second-order valence-corrected chi connectivity index (χ2v) is 7.32. The van der Waals surface area contributed by atoms with E-state index in [1.54, 1.807) is 11.3 Å². The zero-order chi connectivity index (χ0) is 17.6. The highest BCUT2D eigenvalue weighted by Crippen LogP contribution is 2.18. The molecule has 0 aliphatic carbocycles. The van der Waals surface area contributed by atoms with Crippen LogP contribution in [0.5, 0.6) is 0 Å². The number of aliphatic imine (C=N–C) groups is 1. The van der Waals surface area contributed by atoms with E-state index in [4.69, 9.17) is 4.99 Å². The van der Waals surface area contributed by atoms with Gasteiger partial charge >= 0.3 is 0 Å². The lowest BCUT2D eigenvalue weighted by molar-refractivity contribution is 0.392. The Balaban J connectivity index is 1.60. The summed E-state index contributed by atoms with van der Waals surface area (Å²) in [6.07, 6.45) is 2.92. The SMILES string of the molecule is CCNC(=NCC(C)c1ccsc1)NC1CCc2nc(CC)nn2C1. The van der Waals surface area contributed by atoms with E-state index in [2.05, 4.69) is 63.0 Å². The van der Waals surface area contributed by atoms with Crippen LogP contribution in [0.25, 0.3) is 0 Å². The molecule has 2 aromatic heterocycles. The second kappa shape index (κ2) is 8.47. The van der Waals surface area contributed by atoms with E-state index < -0.39 is 0 Å². The number of guanidine groups is 1. The molecule has 136 valence electrons. The first-order valence-electron chi connectivity index (χ1n) is 9.19. The average Bonchev–Trinajstić information content (AvgIpc) is 3.28. The summed E-state index contributed by atoms with van der Waals surface area (Å²) in [4.78, 5) is 9.38. The molecule has 0 fully saturated rings. The van der Waals surface area contributed by atoms with Crippen molar-refractivity contribution in [3.05, 3.63) is 34.0 Å². The predicted molar refractivity (Wildman–Crippen MR) is 103 cm³/mol. The van der Waals surface area contributed by atoms with E-state index in [9.17, 15) is 0 Å². The van der Waals surface area contributed by atoms with Gasteiger partial charge in [-0.05, 0) is 35.7 Å². The van der Waals surface area contributed by atoms with Gasteiger partial charge in [-0.15, -0.1) is 0 Å². The molecule has 1 aliphatic heterocycles. The fourth-order valence-electron chi connectivity index (χ4n) is 3.03. The van der Waals surface area contributed by atoms with E-state index >= 15 is 0 Å². The van der Waals surface area contributed by atoms with Gasteiger partial charge in [0, 0.05) is 37.9 Å². The predicted octanol–water partition coefficient (Wildman–Crippen LogP) is 2.58. The standard InChI is InChI=1S/C18H28N6S/c1-4-16-22-17-7-6-15(11-24(17)23-16)21-18(19-5-2)20-10-13(3)14-8-9-25-12-14/h8-9,12-13,15H,4-7,10-11H2,1-3H3,(H2,19,20,21). The summed E-state index contributed by atoms with van der Waals surface area (Å²) < 4.78 is 2.05. The van der Waals surface area contributed by atoms with Crippen molar-refractivity contribution in [3.8, 4) is 0 Å². The number of fused-ring (bicyclic) bond motifs is 1. The Morgan fingerprint density at radius 2 is 2.36 bits per heavy atom. The van der Waals surface area contributed by atoms with Gasteiger partial charge in [0.2, 0.25) is 0 Å².